The van der Waals surface area contributed by atoms with Crippen LogP contribution in [0.25, 0.3) is 0 Å². The highest BCUT2D eigenvalue weighted by Gasteiger charge is 2.19. The average Bonchev–Trinajstić information content (AvgIpc) is 3.14. The number of hydrogen-bond acceptors (Lipinski definition) is 10. The van der Waals surface area contributed by atoms with Gasteiger partial charge in [-0.1, -0.05) is 12.1 Å². The minimum atomic E-state index is 0.142. The molecule has 0 saturated carbocycles. The van der Waals surface area contributed by atoms with Crippen molar-refractivity contribution < 1.29 is 4.79 Å². The lowest BCUT2D eigenvalue weighted by Crippen LogP contribution is -2.45. The van der Waals surface area contributed by atoms with Gasteiger partial charge in [-0.15, -0.1) is 11.3 Å². The summed E-state index contributed by atoms with van der Waals surface area (Å²) in [7, 11) is 2.12. The molecule has 1 aliphatic rings. The third kappa shape index (κ3) is 5.74. The molecule has 0 unspecified atom stereocenters. The Morgan fingerprint density at radius 1 is 1.03 bits per heavy atom. The molecular formula is C21H26N8OS. The Morgan fingerprint density at radius 3 is 2.32 bits per heavy atom. The van der Waals surface area contributed by atoms with E-state index in [1.165, 1.54) is 0 Å². The highest BCUT2D eigenvalue weighted by Crippen LogP contribution is 2.23. The number of carbonyl (C=O) groups excluding carboxylic acids is 1. The average molecular weight is 439 g/mol. The van der Waals surface area contributed by atoms with Crippen molar-refractivity contribution in [2.75, 3.05) is 48.8 Å². The molecule has 1 aromatic carbocycles. The zero-order valence-corrected chi connectivity index (χ0v) is 18.7. The van der Waals surface area contributed by atoms with E-state index in [0.717, 1.165) is 47.4 Å². The van der Waals surface area contributed by atoms with Gasteiger partial charge in [-0.05, 0) is 38.6 Å². The van der Waals surface area contributed by atoms with E-state index in [0.29, 0.717) is 24.3 Å². The fraction of sp³-hybridized carbons (Fsp3) is 0.381. The fourth-order valence-corrected chi connectivity index (χ4v) is 3.91. The number of aromatic nitrogens is 4. The third-order valence-corrected chi connectivity index (χ3v) is 5.74. The fourth-order valence-electron chi connectivity index (χ4n) is 3.26. The molecular weight excluding hydrogens is 412 g/mol. The summed E-state index contributed by atoms with van der Waals surface area (Å²) >= 11 is 1.55. The number of benzene rings is 1. The maximum Gasteiger partial charge on any atom is 0.235 e. The Morgan fingerprint density at radius 2 is 1.71 bits per heavy atom. The normalized spacial score (nSPS) is 14.5. The summed E-state index contributed by atoms with van der Waals surface area (Å²) in [5, 5.41) is 7.21. The summed E-state index contributed by atoms with van der Waals surface area (Å²) in [4.78, 5) is 35.1. The minimum absolute atomic E-state index is 0.142. The molecule has 0 bridgehead atoms. The number of anilines is 5. The SMILES string of the molecule is CC(=O)Cc1ccc(Nc2nc(Nc3ncc(C)s3)nc(N3CCN(C)CC3)n2)cc1. The van der Waals surface area contributed by atoms with E-state index >= 15 is 0 Å². The molecule has 31 heavy (non-hydrogen) atoms. The van der Waals surface area contributed by atoms with Gasteiger partial charge in [-0.2, -0.15) is 15.0 Å². The molecule has 0 spiro atoms. The molecule has 1 fully saturated rings. The summed E-state index contributed by atoms with van der Waals surface area (Å²) in [5.41, 5.74) is 1.83. The van der Waals surface area contributed by atoms with Gasteiger partial charge in [-0.25, -0.2) is 4.98 Å². The number of Topliss-reactive ketones (excluding diaryl/α,β-unsaturated/α-hetero) is 1. The predicted octanol–water partition coefficient (Wildman–Crippen LogP) is 3.01. The van der Waals surface area contributed by atoms with Gasteiger partial charge in [0.2, 0.25) is 17.8 Å². The number of rotatable bonds is 7. The molecule has 0 aliphatic carbocycles. The number of piperazine rings is 1. The lowest BCUT2D eigenvalue weighted by Gasteiger charge is -2.32. The first-order chi connectivity index (χ1) is 14.9. The van der Waals surface area contributed by atoms with Crippen LogP contribution in [0.1, 0.15) is 17.4 Å². The highest BCUT2D eigenvalue weighted by molar-refractivity contribution is 7.15. The van der Waals surface area contributed by atoms with E-state index < -0.39 is 0 Å². The molecule has 10 heteroatoms. The predicted molar refractivity (Wildman–Crippen MR) is 124 cm³/mol. The molecule has 1 aliphatic heterocycles. The summed E-state index contributed by atoms with van der Waals surface area (Å²) < 4.78 is 0. The molecule has 2 N–H and O–H groups in total. The Bertz CT molecular complexity index is 1040. The number of likely N-dealkylation sites (N-methyl/N-ethyl adjacent to an activating group) is 1. The van der Waals surface area contributed by atoms with Crippen LogP contribution in [0.15, 0.2) is 30.5 Å². The number of ketones is 1. The zero-order valence-electron chi connectivity index (χ0n) is 17.9. The van der Waals surface area contributed by atoms with Crippen molar-refractivity contribution >= 4 is 45.8 Å². The van der Waals surface area contributed by atoms with Crippen molar-refractivity contribution in [2.24, 2.45) is 0 Å². The van der Waals surface area contributed by atoms with Crippen molar-refractivity contribution in [1.82, 2.24) is 24.8 Å². The van der Waals surface area contributed by atoms with E-state index in [1.807, 2.05) is 37.4 Å². The molecule has 3 aromatic rings. The van der Waals surface area contributed by atoms with E-state index in [9.17, 15) is 4.79 Å². The zero-order chi connectivity index (χ0) is 21.8. The highest BCUT2D eigenvalue weighted by atomic mass is 32.1. The monoisotopic (exact) mass is 438 g/mol. The van der Waals surface area contributed by atoms with Gasteiger partial charge in [0.05, 0.1) is 0 Å². The van der Waals surface area contributed by atoms with Crippen molar-refractivity contribution in [2.45, 2.75) is 20.3 Å². The van der Waals surface area contributed by atoms with Crippen LogP contribution in [0.5, 0.6) is 0 Å². The Hall–Kier alpha value is -3.11. The van der Waals surface area contributed by atoms with Crippen molar-refractivity contribution in [3.05, 3.63) is 40.9 Å². The molecule has 0 radical (unpaired) electrons. The van der Waals surface area contributed by atoms with Crippen LogP contribution in [0.4, 0.5) is 28.7 Å². The molecule has 2 aromatic heterocycles. The quantitative estimate of drug-likeness (QED) is 0.577. The molecule has 9 nitrogen and oxygen atoms in total. The molecule has 0 amide bonds. The number of carbonyl (C=O) groups is 1. The minimum Gasteiger partial charge on any atom is -0.338 e. The van der Waals surface area contributed by atoms with Gasteiger partial charge in [0, 0.05) is 49.4 Å². The standard InChI is InChI=1S/C21H26N8OS/c1-14(30)12-16-4-6-17(7-5-16)23-18-24-19(27-21-22-13-15(2)31-21)26-20(25-18)29-10-8-28(3)9-11-29/h4-7,13H,8-12H2,1-3H3,(H2,22,23,24,25,26,27). The van der Waals surface area contributed by atoms with Crippen LogP contribution in [-0.2, 0) is 11.2 Å². The van der Waals surface area contributed by atoms with Crippen LogP contribution >= 0.6 is 11.3 Å². The first kappa shape index (κ1) is 21.1. The maximum atomic E-state index is 11.3. The topological polar surface area (TPSA) is 99.2 Å². The summed E-state index contributed by atoms with van der Waals surface area (Å²) in [6.07, 6.45) is 2.25. The second kappa shape index (κ2) is 9.36. The van der Waals surface area contributed by atoms with Gasteiger partial charge >= 0.3 is 0 Å². The molecule has 3 heterocycles. The van der Waals surface area contributed by atoms with Crippen LogP contribution in [0.3, 0.4) is 0 Å². The van der Waals surface area contributed by atoms with E-state index in [1.54, 1.807) is 18.3 Å². The van der Waals surface area contributed by atoms with Crippen LogP contribution < -0.4 is 15.5 Å². The van der Waals surface area contributed by atoms with Gasteiger partial charge in [0.25, 0.3) is 0 Å². The van der Waals surface area contributed by atoms with Crippen LogP contribution in [0, 0.1) is 6.92 Å². The summed E-state index contributed by atoms with van der Waals surface area (Å²) in [6.45, 7) is 7.23. The molecule has 0 atom stereocenters. The second-order valence-electron chi connectivity index (χ2n) is 7.67. The van der Waals surface area contributed by atoms with E-state index in [-0.39, 0.29) is 5.78 Å². The van der Waals surface area contributed by atoms with Crippen LogP contribution in [-0.4, -0.2) is 63.8 Å². The first-order valence-electron chi connectivity index (χ1n) is 10.2. The second-order valence-corrected chi connectivity index (χ2v) is 8.91. The van der Waals surface area contributed by atoms with Crippen molar-refractivity contribution in [3.63, 3.8) is 0 Å². The maximum absolute atomic E-state index is 11.3. The first-order valence-corrected chi connectivity index (χ1v) is 11.0. The number of nitrogens with one attached hydrogen (secondary N) is 2. The molecule has 162 valence electrons. The van der Waals surface area contributed by atoms with Crippen molar-refractivity contribution in [1.29, 1.82) is 0 Å². The molecule has 4 rings (SSSR count). The summed E-state index contributed by atoms with van der Waals surface area (Å²) in [6, 6.07) is 7.72. The lowest BCUT2D eigenvalue weighted by molar-refractivity contribution is -0.116. The van der Waals surface area contributed by atoms with Gasteiger partial charge in [0.1, 0.15) is 5.78 Å². The smallest absolute Gasteiger partial charge is 0.235 e. The number of aryl methyl sites for hydroxylation is 1. The number of hydrogen-bond donors (Lipinski definition) is 2. The van der Waals surface area contributed by atoms with Gasteiger partial charge in [0.15, 0.2) is 5.13 Å². The Balaban J connectivity index is 1.58. The third-order valence-electron chi connectivity index (χ3n) is 4.91. The van der Waals surface area contributed by atoms with Gasteiger partial charge < -0.3 is 15.1 Å². The summed E-state index contributed by atoms with van der Waals surface area (Å²) in [5.74, 6) is 1.69. The Kier molecular flexibility index (Phi) is 6.38. The number of nitrogens with zero attached hydrogens (tertiary/aromatic N) is 6. The number of thiazole rings is 1. The Labute approximate surface area is 185 Å². The van der Waals surface area contributed by atoms with Crippen molar-refractivity contribution in [3.8, 4) is 0 Å². The van der Waals surface area contributed by atoms with Gasteiger partial charge in [-0.3, -0.25) is 10.1 Å². The van der Waals surface area contributed by atoms with E-state index in [2.05, 4.69) is 47.4 Å². The van der Waals surface area contributed by atoms with Crippen LogP contribution in [0.2, 0.25) is 0 Å². The molecule has 1 saturated heterocycles. The largest absolute Gasteiger partial charge is 0.338 e. The lowest BCUT2D eigenvalue weighted by atomic mass is 10.1. The van der Waals surface area contributed by atoms with E-state index in [4.69, 9.17) is 0 Å².